The summed E-state index contributed by atoms with van der Waals surface area (Å²) in [5.74, 6) is -1.10. The number of nitrogens with zero attached hydrogens (tertiary/aromatic N) is 2. The number of carbonyl (C=O) groups is 2. The van der Waals surface area contributed by atoms with Gasteiger partial charge in [-0.2, -0.15) is 0 Å². The zero-order valence-corrected chi connectivity index (χ0v) is 16.7. The molecule has 6 heteroatoms. The second-order valence-corrected chi connectivity index (χ2v) is 7.22. The molecule has 1 aliphatic rings. The fraction of sp³-hybridized carbons (Fsp3) is 0.304. The molecule has 1 fully saturated rings. The van der Waals surface area contributed by atoms with E-state index in [4.69, 9.17) is 9.84 Å². The number of benzene rings is 2. The van der Waals surface area contributed by atoms with E-state index in [2.05, 4.69) is 24.1 Å². The van der Waals surface area contributed by atoms with Crippen molar-refractivity contribution in [2.24, 2.45) is 0 Å². The smallest absolute Gasteiger partial charge is 0.335 e. The molecule has 1 aliphatic heterocycles. The molecule has 0 spiro atoms. The first-order valence-electron chi connectivity index (χ1n) is 9.59. The van der Waals surface area contributed by atoms with Gasteiger partial charge in [0.25, 0.3) is 0 Å². The van der Waals surface area contributed by atoms with Crippen molar-refractivity contribution in [2.45, 2.75) is 12.1 Å². The fourth-order valence-electron chi connectivity index (χ4n) is 3.53. The van der Waals surface area contributed by atoms with Crippen LogP contribution in [0.5, 0.6) is 0 Å². The van der Waals surface area contributed by atoms with E-state index in [1.165, 1.54) is 23.8 Å². The highest BCUT2D eigenvalue weighted by Gasteiger charge is 2.32. The van der Waals surface area contributed by atoms with Crippen molar-refractivity contribution in [3.63, 3.8) is 0 Å². The average Bonchev–Trinajstić information content (AvgIpc) is 2.73. The van der Waals surface area contributed by atoms with Crippen LogP contribution in [0, 0.1) is 0 Å². The van der Waals surface area contributed by atoms with Crippen molar-refractivity contribution in [3.05, 3.63) is 77.4 Å². The molecular formula is C23H26N2O4. The molecule has 2 atom stereocenters. The van der Waals surface area contributed by atoms with Crippen LogP contribution < -0.4 is 0 Å². The Morgan fingerprint density at radius 3 is 2.52 bits per heavy atom. The summed E-state index contributed by atoms with van der Waals surface area (Å²) in [6.07, 6.45) is 3.07. The minimum absolute atomic E-state index is 0.0905. The van der Waals surface area contributed by atoms with Crippen LogP contribution in [0.25, 0.3) is 6.08 Å². The van der Waals surface area contributed by atoms with Gasteiger partial charge in [-0.3, -0.25) is 9.69 Å². The van der Waals surface area contributed by atoms with E-state index in [1.807, 2.05) is 18.2 Å². The highest BCUT2D eigenvalue weighted by atomic mass is 16.5. The van der Waals surface area contributed by atoms with E-state index in [9.17, 15) is 9.59 Å². The van der Waals surface area contributed by atoms with Crippen molar-refractivity contribution < 1.29 is 19.4 Å². The third-order valence-corrected chi connectivity index (χ3v) is 5.15. The Bertz CT molecular complexity index is 864. The van der Waals surface area contributed by atoms with E-state index in [-0.39, 0.29) is 23.6 Å². The number of hydrogen-bond donors (Lipinski definition) is 1. The van der Waals surface area contributed by atoms with Gasteiger partial charge in [-0.25, -0.2) is 4.79 Å². The highest BCUT2D eigenvalue weighted by Crippen LogP contribution is 2.28. The fourth-order valence-corrected chi connectivity index (χ4v) is 3.53. The molecule has 2 aromatic carbocycles. The Hall–Kier alpha value is -2.96. The van der Waals surface area contributed by atoms with E-state index in [0.717, 1.165) is 12.1 Å². The van der Waals surface area contributed by atoms with Crippen LogP contribution in [0.15, 0.2) is 60.7 Å². The predicted molar refractivity (Wildman–Crippen MR) is 112 cm³/mol. The molecule has 1 amide bonds. The summed E-state index contributed by atoms with van der Waals surface area (Å²) in [5.41, 5.74) is 2.17. The van der Waals surface area contributed by atoms with E-state index in [0.29, 0.717) is 13.2 Å². The topological polar surface area (TPSA) is 70.1 Å². The Balaban J connectivity index is 1.65. The molecule has 1 saturated heterocycles. The number of carboxylic acids is 1. The van der Waals surface area contributed by atoms with Crippen molar-refractivity contribution in [3.8, 4) is 0 Å². The highest BCUT2D eigenvalue weighted by molar-refractivity contribution is 5.92. The first-order chi connectivity index (χ1) is 14.0. The molecule has 6 nitrogen and oxygen atoms in total. The van der Waals surface area contributed by atoms with Crippen LogP contribution in [-0.4, -0.2) is 66.7 Å². The molecule has 152 valence electrons. The number of hydrogen-bond acceptors (Lipinski definition) is 4. The maximum absolute atomic E-state index is 12.6. The number of amides is 1. The van der Waals surface area contributed by atoms with Gasteiger partial charge in [-0.1, -0.05) is 42.5 Å². The van der Waals surface area contributed by atoms with Crippen LogP contribution in [-0.2, 0) is 9.53 Å². The number of carboxylic acid groups (broad SMARTS) is 1. The number of morpholine rings is 1. The van der Waals surface area contributed by atoms with Crippen molar-refractivity contribution in [1.29, 1.82) is 0 Å². The van der Waals surface area contributed by atoms with Gasteiger partial charge in [-0.15, -0.1) is 0 Å². The first-order valence-corrected chi connectivity index (χ1v) is 9.59. The van der Waals surface area contributed by atoms with Gasteiger partial charge in [0.2, 0.25) is 5.91 Å². The number of ether oxygens (including phenoxy) is 1. The Morgan fingerprint density at radius 1 is 1.17 bits per heavy atom. The zero-order chi connectivity index (χ0) is 20.8. The van der Waals surface area contributed by atoms with Gasteiger partial charge >= 0.3 is 5.97 Å². The van der Waals surface area contributed by atoms with Crippen molar-refractivity contribution in [2.75, 3.05) is 33.8 Å². The van der Waals surface area contributed by atoms with Gasteiger partial charge in [-0.05, 0) is 36.4 Å². The molecule has 29 heavy (non-hydrogen) atoms. The van der Waals surface area contributed by atoms with Crippen LogP contribution in [0.1, 0.15) is 27.5 Å². The van der Waals surface area contributed by atoms with Gasteiger partial charge in [0.1, 0.15) is 0 Å². The Labute approximate surface area is 171 Å². The molecule has 0 saturated carbocycles. The summed E-state index contributed by atoms with van der Waals surface area (Å²) in [6, 6.07) is 16.7. The first kappa shape index (κ1) is 20.8. The minimum atomic E-state index is -0.971. The van der Waals surface area contributed by atoms with Crippen LogP contribution >= 0.6 is 0 Å². The van der Waals surface area contributed by atoms with Gasteiger partial charge in [0, 0.05) is 26.2 Å². The van der Waals surface area contributed by atoms with Gasteiger partial charge < -0.3 is 14.7 Å². The monoisotopic (exact) mass is 394 g/mol. The van der Waals surface area contributed by atoms with Crippen LogP contribution in [0.3, 0.4) is 0 Å². The maximum atomic E-state index is 12.6. The minimum Gasteiger partial charge on any atom is -0.478 e. The maximum Gasteiger partial charge on any atom is 0.335 e. The number of carbonyl (C=O) groups excluding carboxylic acids is 1. The standard InChI is InChI=1S/C23H26N2O4/c1-24-14-15-29-20(22(24)18-6-4-3-5-7-18)16-25(2)21(26)13-10-17-8-11-19(12-9-17)23(27)28/h3-13,20,22H,14-16H2,1-2H3,(H,27,28)/b13-10+/t20-,22-/m0/s1. The number of likely N-dealkylation sites (N-methyl/N-ethyl adjacent to an activating group) is 2. The van der Waals surface area contributed by atoms with Crippen LogP contribution in [0.2, 0.25) is 0 Å². The number of aromatic carboxylic acids is 1. The molecular weight excluding hydrogens is 368 g/mol. The molecule has 0 bridgehead atoms. The zero-order valence-electron chi connectivity index (χ0n) is 16.7. The van der Waals surface area contributed by atoms with E-state index in [1.54, 1.807) is 30.2 Å². The summed E-state index contributed by atoms with van der Waals surface area (Å²) in [5, 5.41) is 8.95. The van der Waals surface area contributed by atoms with Gasteiger partial charge in [0.15, 0.2) is 0 Å². The lowest BCUT2D eigenvalue weighted by Gasteiger charge is -2.40. The largest absolute Gasteiger partial charge is 0.478 e. The molecule has 0 aromatic heterocycles. The molecule has 0 radical (unpaired) electrons. The second kappa shape index (κ2) is 9.49. The number of rotatable bonds is 6. The molecule has 2 aromatic rings. The lowest BCUT2D eigenvalue weighted by atomic mass is 9.98. The average molecular weight is 394 g/mol. The van der Waals surface area contributed by atoms with Crippen molar-refractivity contribution in [1.82, 2.24) is 9.80 Å². The summed E-state index contributed by atoms with van der Waals surface area (Å²) < 4.78 is 6.02. The SMILES string of the molecule is CN(C[C@@H]1OCCN(C)[C@H]1c1ccccc1)C(=O)/C=C/c1ccc(C(=O)O)cc1. The van der Waals surface area contributed by atoms with E-state index >= 15 is 0 Å². The Morgan fingerprint density at radius 2 is 1.86 bits per heavy atom. The van der Waals surface area contributed by atoms with Gasteiger partial charge in [0.05, 0.1) is 24.3 Å². The summed E-state index contributed by atoms with van der Waals surface area (Å²) >= 11 is 0. The second-order valence-electron chi connectivity index (χ2n) is 7.22. The van der Waals surface area contributed by atoms with E-state index < -0.39 is 5.97 Å². The molecule has 3 rings (SSSR count). The summed E-state index contributed by atoms with van der Waals surface area (Å²) in [7, 11) is 3.84. The summed E-state index contributed by atoms with van der Waals surface area (Å²) in [6.45, 7) is 1.96. The lowest BCUT2D eigenvalue weighted by Crippen LogP contribution is -2.48. The molecule has 1 N–H and O–H groups in total. The van der Waals surface area contributed by atoms with Crippen LogP contribution in [0.4, 0.5) is 0 Å². The normalized spacial score (nSPS) is 19.9. The molecule has 0 unspecified atom stereocenters. The lowest BCUT2D eigenvalue weighted by molar-refractivity contribution is -0.129. The summed E-state index contributed by atoms with van der Waals surface area (Å²) in [4.78, 5) is 27.4. The molecule has 0 aliphatic carbocycles. The third-order valence-electron chi connectivity index (χ3n) is 5.15. The Kier molecular flexibility index (Phi) is 6.80. The predicted octanol–water partition coefficient (Wildman–Crippen LogP) is 2.93. The van der Waals surface area contributed by atoms with Crippen molar-refractivity contribution >= 4 is 18.0 Å². The molecule has 1 heterocycles. The quantitative estimate of drug-likeness (QED) is 0.763. The third kappa shape index (κ3) is 5.31.